The number of hydrogen-bond acceptors (Lipinski definition) is 2. The molecule has 108 valence electrons. The maximum atomic E-state index is 12.5. The summed E-state index contributed by atoms with van der Waals surface area (Å²) in [5, 5.41) is 0. The fraction of sp³-hybridized carbons (Fsp3) is 0.588. The summed E-state index contributed by atoms with van der Waals surface area (Å²) in [7, 11) is 0. The highest BCUT2D eigenvalue weighted by Crippen LogP contribution is 2.37. The van der Waals surface area contributed by atoms with Crippen molar-refractivity contribution in [1.29, 1.82) is 0 Å². The van der Waals surface area contributed by atoms with Crippen LogP contribution in [0.1, 0.15) is 50.6 Å². The van der Waals surface area contributed by atoms with Crippen LogP contribution in [0.5, 0.6) is 5.75 Å². The molecule has 0 aromatic heterocycles. The minimum atomic E-state index is 0.277. The summed E-state index contributed by atoms with van der Waals surface area (Å²) in [4.78, 5) is 14.6. The third kappa shape index (κ3) is 2.54. The molecule has 3 heteroatoms. The molecule has 1 saturated carbocycles. The molecular weight excluding hydrogens is 250 g/mol. The lowest BCUT2D eigenvalue weighted by Crippen LogP contribution is -2.38. The molecule has 1 atom stereocenters. The van der Waals surface area contributed by atoms with Crippen molar-refractivity contribution in [3.05, 3.63) is 29.8 Å². The number of rotatable bonds is 4. The largest absolute Gasteiger partial charge is 0.494 e. The molecule has 0 bridgehead atoms. The fourth-order valence-corrected chi connectivity index (χ4v) is 3.22. The van der Waals surface area contributed by atoms with Gasteiger partial charge in [0.15, 0.2) is 0 Å². The van der Waals surface area contributed by atoms with E-state index in [2.05, 4.69) is 17.0 Å². The molecule has 0 N–H and O–H groups in total. The number of likely N-dealkylation sites (tertiary alicyclic amines) is 1. The Hall–Kier alpha value is -1.51. The van der Waals surface area contributed by atoms with E-state index in [0.29, 0.717) is 18.4 Å². The van der Waals surface area contributed by atoms with E-state index < -0.39 is 0 Å². The Labute approximate surface area is 120 Å². The zero-order valence-electron chi connectivity index (χ0n) is 12.2. The van der Waals surface area contributed by atoms with Gasteiger partial charge in [0, 0.05) is 12.5 Å². The Bertz CT molecular complexity index is 464. The summed E-state index contributed by atoms with van der Waals surface area (Å²) < 4.78 is 5.48. The van der Waals surface area contributed by atoms with E-state index in [9.17, 15) is 4.79 Å². The van der Waals surface area contributed by atoms with Crippen molar-refractivity contribution in [2.45, 2.75) is 45.1 Å². The first-order chi connectivity index (χ1) is 9.79. The Morgan fingerprint density at radius 2 is 1.95 bits per heavy atom. The molecule has 3 nitrogen and oxygen atoms in total. The van der Waals surface area contributed by atoms with E-state index in [4.69, 9.17) is 4.74 Å². The molecular formula is C17H23NO2. The van der Waals surface area contributed by atoms with Gasteiger partial charge in [-0.15, -0.1) is 0 Å². The zero-order valence-corrected chi connectivity index (χ0v) is 12.2. The van der Waals surface area contributed by atoms with E-state index in [-0.39, 0.29) is 6.04 Å². The highest BCUT2D eigenvalue weighted by Gasteiger charge is 2.36. The van der Waals surface area contributed by atoms with Gasteiger partial charge in [-0.3, -0.25) is 4.79 Å². The van der Waals surface area contributed by atoms with Crippen LogP contribution in [0.3, 0.4) is 0 Å². The fourth-order valence-electron chi connectivity index (χ4n) is 3.22. The monoisotopic (exact) mass is 273 g/mol. The van der Waals surface area contributed by atoms with Gasteiger partial charge < -0.3 is 9.64 Å². The molecule has 20 heavy (non-hydrogen) atoms. The van der Waals surface area contributed by atoms with E-state index >= 15 is 0 Å². The van der Waals surface area contributed by atoms with Crippen molar-refractivity contribution in [3.8, 4) is 5.75 Å². The van der Waals surface area contributed by atoms with Crippen molar-refractivity contribution in [2.75, 3.05) is 13.2 Å². The normalized spacial score (nSPS) is 22.6. The van der Waals surface area contributed by atoms with Crippen molar-refractivity contribution in [1.82, 2.24) is 4.90 Å². The average Bonchev–Trinajstić information content (AvgIpc) is 2.87. The molecule has 0 radical (unpaired) electrons. The molecule has 1 amide bonds. The third-order valence-corrected chi connectivity index (χ3v) is 4.57. The van der Waals surface area contributed by atoms with Gasteiger partial charge in [-0.25, -0.2) is 0 Å². The Balaban J connectivity index is 1.72. The summed E-state index contributed by atoms with van der Waals surface area (Å²) in [5.41, 5.74) is 1.25. The van der Waals surface area contributed by atoms with Gasteiger partial charge in [-0.1, -0.05) is 18.6 Å². The van der Waals surface area contributed by atoms with Crippen LogP contribution >= 0.6 is 0 Å². The topological polar surface area (TPSA) is 29.5 Å². The molecule has 2 aliphatic rings. The van der Waals surface area contributed by atoms with E-state index in [0.717, 1.165) is 38.0 Å². The van der Waals surface area contributed by atoms with Crippen molar-refractivity contribution >= 4 is 5.91 Å². The lowest BCUT2D eigenvalue weighted by Gasteiger charge is -2.33. The standard InChI is InChI=1S/C17H23NO2/c1-2-20-15-10-8-13(9-11-15)16-7-4-12-18(16)17(19)14-5-3-6-14/h8-11,14,16H,2-7,12H2,1H3/t16-/m1/s1. The molecule has 1 aromatic carbocycles. The van der Waals surface area contributed by atoms with Crippen molar-refractivity contribution < 1.29 is 9.53 Å². The van der Waals surface area contributed by atoms with Crippen LogP contribution in [0.2, 0.25) is 0 Å². The molecule has 3 rings (SSSR count). The second kappa shape index (κ2) is 5.86. The molecule has 1 aliphatic heterocycles. The van der Waals surface area contributed by atoms with Crippen molar-refractivity contribution in [3.63, 3.8) is 0 Å². The SMILES string of the molecule is CCOc1ccc([C@H]2CCCN2C(=O)C2CCC2)cc1. The highest BCUT2D eigenvalue weighted by atomic mass is 16.5. The number of nitrogens with zero attached hydrogens (tertiary/aromatic N) is 1. The first-order valence-corrected chi connectivity index (χ1v) is 7.83. The van der Waals surface area contributed by atoms with Crippen LogP contribution in [-0.2, 0) is 4.79 Å². The minimum Gasteiger partial charge on any atom is -0.494 e. The molecule has 0 unspecified atom stereocenters. The van der Waals surface area contributed by atoms with Crippen LogP contribution in [-0.4, -0.2) is 24.0 Å². The number of ether oxygens (including phenoxy) is 1. The van der Waals surface area contributed by atoms with Gasteiger partial charge in [0.05, 0.1) is 12.6 Å². The highest BCUT2D eigenvalue weighted by molar-refractivity contribution is 5.80. The zero-order chi connectivity index (χ0) is 13.9. The minimum absolute atomic E-state index is 0.277. The first kappa shape index (κ1) is 13.5. The molecule has 2 fully saturated rings. The second-order valence-electron chi connectivity index (χ2n) is 5.82. The summed E-state index contributed by atoms with van der Waals surface area (Å²) in [6, 6.07) is 8.54. The van der Waals surface area contributed by atoms with Gasteiger partial charge in [-0.2, -0.15) is 0 Å². The predicted octanol–water partition coefficient (Wildman–Crippen LogP) is 3.55. The Kier molecular flexibility index (Phi) is 3.95. The lowest BCUT2D eigenvalue weighted by molar-refractivity contribution is -0.139. The summed E-state index contributed by atoms with van der Waals surface area (Å²) in [5.74, 6) is 1.59. The maximum absolute atomic E-state index is 12.5. The second-order valence-corrected chi connectivity index (χ2v) is 5.82. The lowest BCUT2D eigenvalue weighted by atomic mass is 9.84. The number of carbonyl (C=O) groups is 1. The summed E-state index contributed by atoms with van der Waals surface area (Å²) >= 11 is 0. The molecule has 1 aromatic rings. The smallest absolute Gasteiger partial charge is 0.226 e. The first-order valence-electron chi connectivity index (χ1n) is 7.83. The number of hydrogen-bond donors (Lipinski definition) is 0. The number of amides is 1. The summed E-state index contributed by atoms with van der Waals surface area (Å²) in [6.45, 7) is 3.60. The molecule has 1 aliphatic carbocycles. The number of carbonyl (C=O) groups excluding carboxylic acids is 1. The predicted molar refractivity (Wildman–Crippen MR) is 78.6 cm³/mol. The number of benzene rings is 1. The van der Waals surface area contributed by atoms with Gasteiger partial charge in [-0.05, 0) is 50.3 Å². The molecule has 1 saturated heterocycles. The third-order valence-electron chi connectivity index (χ3n) is 4.57. The quantitative estimate of drug-likeness (QED) is 0.839. The Morgan fingerprint density at radius 1 is 1.20 bits per heavy atom. The average molecular weight is 273 g/mol. The van der Waals surface area contributed by atoms with Gasteiger partial charge in [0.1, 0.15) is 5.75 Å². The van der Waals surface area contributed by atoms with Crippen LogP contribution in [0.25, 0.3) is 0 Å². The molecule has 0 spiro atoms. The van der Waals surface area contributed by atoms with Crippen LogP contribution in [0, 0.1) is 5.92 Å². The van der Waals surface area contributed by atoms with E-state index in [1.807, 2.05) is 19.1 Å². The van der Waals surface area contributed by atoms with Gasteiger partial charge >= 0.3 is 0 Å². The van der Waals surface area contributed by atoms with E-state index in [1.165, 1.54) is 12.0 Å². The Morgan fingerprint density at radius 3 is 2.55 bits per heavy atom. The van der Waals surface area contributed by atoms with E-state index in [1.54, 1.807) is 0 Å². The van der Waals surface area contributed by atoms with Gasteiger partial charge in [0.2, 0.25) is 5.91 Å². The van der Waals surface area contributed by atoms with Crippen LogP contribution in [0.15, 0.2) is 24.3 Å². The van der Waals surface area contributed by atoms with Crippen molar-refractivity contribution in [2.24, 2.45) is 5.92 Å². The van der Waals surface area contributed by atoms with Gasteiger partial charge in [0.25, 0.3) is 0 Å². The molecule has 1 heterocycles. The van der Waals surface area contributed by atoms with Crippen LogP contribution in [0.4, 0.5) is 0 Å². The van der Waals surface area contributed by atoms with Crippen LogP contribution < -0.4 is 4.74 Å². The maximum Gasteiger partial charge on any atom is 0.226 e. The summed E-state index contributed by atoms with van der Waals surface area (Å²) in [6.07, 6.45) is 5.61.